The number of allylic oxidation sites excluding steroid dienone is 2. The highest BCUT2D eigenvalue weighted by Crippen LogP contribution is 2.48. The Bertz CT molecular complexity index is 1150. The Morgan fingerprint density at radius 1 is 1.00 bits per heavy atom. The van der Waals surface area contributed by atoms with E-state index in [0.717, 1.165) is 23.4 Å². The van der Waals surface area contributed by atoms with Crippen molar-refractivity contribution in [3.05, 3.63) is 64.9 Å². The van der Waals surface area contributed by atoms with Gasteiger partial charge in [0, 0.05) is 34.9 Å². The van der Waals surface area contributed by atoms with Gasteiger partial charge in [-0.15, -0.1) is 0 Å². The molecule has 0 N–H and O–H groups in total. The number of ether oxygens (including phenoxy) is 4. The van der Waals surface area contributed by atoms with Crippen LogP contribution in [0.25, 0.3) is 0 Å². The molecule has 7 heteroatoms. The van der Waals surface area contributed by atoms with Crippen LogP contribution in [0, 0.1) is 5.92 Å². The van der Waals surface area contributed by atoms with Gasteiger partial charge in [0.1, 0.15) is 18.3 Å². The van der Waals surface area contributed by atoms with Crippen LogP contribution in [0.3, 0.4) is 0 Å². The first kappa shape index (κ1) is 23.5. The van der Waals surface area contributed by atoms with Crippen molar-refractivity contribution < 1.29 is 28.5 Å². The van der Waals surface area contributed by atoms with Crippen LogP contribution in [0.1, 0.15) is 43.2 Å². The number of rotatable bonds is 7. The second kappa shape index (κ2) is 10.1. The van der Waals surface area contributed by atoms with Crippen LogP contribution in [0.4, 0.5) is 0 Å². The van der Waals surface area contributed by atoms with E-state index < -0.39 is 17.8 Å². The fourth-order valence-electron chi connectivity index (χ4n) is 4.77. The van der Waals surface area contributed by atoms with Gasteiger partial charge in [-0.25, -0.2) is 0 Å². The number of esters is 1. The summed E-state index contributed by atoms with van der Waals surface area (Å²) in [6.45, 7) is 1.93. The highest BCUT2D eigenvalue weighted by Gasteiger charge is 2.44. The minimum atomic E-state index is -0.750. The lowest BCUT2D eigenvalue weighted by molar-refractivity contribution is -0.148. The van der Waals surface area contributed by atoms with Gasteiger partial charge in [-0.1, -0.05) is 24.3 Å². The van der Waals surface area contributed by atoms with E-state index >= 15 is 0 Å². The largest absolute Gasteiger partial charge is 0.497 e. The van der Waals surface area contributed by atoms with Crippen LogP contribution in [-0.2, 0) is 20.9 Å². The van der Waals surface area contributed by atoms with Gasteiger partial charge in [0.05, 0.1) is 21.3 Å². The molecule has 1 unspecified atom stereocenters. The predicted octanol–water partition coefficient (Wildman–Crippen LogP) is 4.64. The number of para-hydroxylation sites is 1. The second-order valence-electron chi connectivity index (χ2n) is 8.38. The maximum absolute atomic E-state index is 13.5. The van der Waals surface area contributed by atoms with E-state index in [1.165, 1.54) is 0 Å². The SMILES string of the molecule is COc1ccc(COC(=O)C2C(C)=NC3=C(C(=O)CCC3)[C@@H]2c2cccc(OC)c2OC)cc1. The molecule has 2 aromatic carbocycles. The Hall–Kier alpha value is -3.61. The van der Waals surface area contributed by atoms with Crippen LogP contribution >= 0.6 is 0 Å². The maximum Gasteiger partial charge on any atom is 0.315 e. The molecule has 4 rings (SSSR count). The first-order chi connectivity index (χ1) is 16.5. The third kappa shape index (κ3) is 4.42. The van der Waals surface area contributed by atoms with Crippen molar-refractivity contribution in [2.75, 3.05) is 21.3 Å². The standard InChI is InChI=1S/C27H29NO6/c1-16-23(27(30)34-15-17-11-13-18(31-2)14-12-17)24(25-20(28-16)8-6-9-21(25)29)19-7-5-10-22(32-3)26(19)33-4/h5,7,10-14,23-24H,6,8-9,15H2,1-4H3/t23?,24-/m1/s1. The van der Waals surface area contributed by atoms with Crippen molar-refractivity contribution in [1.82, 2.24) is 0 Å². The van der Waals surface area contributed by atoms with Crippen LogP contribution < -0.4 is 14.2 Å². The van der Waals surface area contributed by atoms with Gasteiger partial charge >= 0.3 is 5.97 Å². The molecule has 2 aliphatic rings. The molecular formula is C27H29NO6. The Morgan fingerprint density at radius 3 is 2.44 bits per heavy atom. The fraction of sp³-hybridized carbons (Fsp3) is 0.370. The van der Waals surface area contributed by atoms with Gasteiger partial charge in [0.25, 0.3) is 0 Å². The molecule has 0 saturated carbocycles. The van der Waals surface area contributed by atoms with E-state index in [-0.39, 0.29) is 12.4 Å². The summed E-state index contributed by atoms with van der Waals surface area (Å²) in [6.07, 6.45) is 1.89. The molecule has 2 aromatic rings. The number of methoxy groups -OCH3 is 3. The Balaban J connectivity index is 1.73. The first-order valence-corrected chi connectivity index (χ1v) is 11.3. The number of ketones is 1. The number of nitrogens with zero attached hydrogens (tertiary/aromatic N) is 1. The highest BCUT2D eigenvalue weighted by molar-refractivity contribution is 6.09. The Morgan fingerprint density at radius 2 is 1.76 bits per heavy atom. The molecule has 0 bridgehead atoms. The normalized spacial score (nSPS) is 19.8. The summed E-state index contributed by atoms with van der Waals surface area (Å²) in [5.41, 5.74) is 3.51. The molecule has 0 radical (unpaired) electrons. The molecule has 34 heavy (non-hydrogen) atoms. The van der Waals surface area contributed by atoms with Crippen molar-refractivity contribution in [3.8, 4) is 17.2 Å². The van der Waals surface area contributed by atoms with Crippen LogP contribution in [0.2, 0.25) is 0 Å². The number of carbonyl (C=O) groups excluding carboxylic acids is 2. The van der Waals surface area contributed by atoms with Crippen LogP contribution in [0.15, 0.2) is 58.7 Å². The molecule has 0 aromatic heterocycles. The van der Waals surface area contributed by atoms with Crippen molar-refractivity contribution in [1.29, 1.82) is 0 Å². The van der Waals surface area contributed by atoms with Gasteiger partial charge in [0.15, 0.2) is 17.3 Å². The molecular weight excluding hydrogens is 434 g/mol. The van der Waals surface area contributed by atoms with Gasteiger partial charge in [-0.3, -0.25) is 14.6 Å². The zero-order valence-corrected chi connectivity index (χ0v) is 19.9. The van der Waals surface area contributed by atoms with E-state index in [9.17, 15) is 9.59 Å². The number of aliphatic imine (C=N–C) groups is 1. The van der Waals surface area contributed by atoms with Gasteiger partial charge in [0.2, 0.25) is 0 Å². The van der Waals surface area contributed by atoms with E-state index in [0.29, 0.717) is 41.2 Å². The van der Waals surface area contributed by atoms with Gasteiger partial charge in [-0.05, 0) is 43.5 Å². The molecule has 1 aliphatic heterocycles. The maximum atomic E-state index is 13.5. The molecule has 1 aliphatic carbocycles. The number of hydrogen-bond donors (Lipinski definition) is 0. The quantitative estimate of drug-likeness (QED) is 0.557. The topological polar surface area (TPSA) is 83.4 Å². The van der Waals surface area contributed by atoms with Crippen molar-refractivity contribution >= 4 is 17.5 Å². The number of Topliss-reactive ketones (excluding diaryl/α,β-unsaturated/α-hetero) is 1. The molecule has 7 nitrogen and oxygen atoms in total. The smallest absolute Gasteiger partial charge is 0.315 e. The summed E-state index contributed by atoms with van der Waals surface area (Å²) in [6, 6.07) is 12.8. The summed E-state index contributed by atoms with van der Waals surface area (Å²) in [5, 5.41) is 0. The fourth-order valence-corrected chi connectivity index (χ4v) is 4.77. The lowest BCUT2D eigenvalue weighted by Crippen LogP contribution is -2.37. The summed E-state index contributed by atoms with van der Waals surface area (Å²) in [5.74, 6) is 0.0376. The van der Waals surface area contributed by atoms with Crippen molar-refractivity contribution in [3.63, 3.8) is 0 Å². The van der Waals surface area contributed by atoms with Gasteiger partial charge in [-0.2, -0.15) is 0 Å². The molecule has 178 valence electrons. The molecule has 1 heterocycles. The van der Waals surface area contributed by atoms with E-state index in [1.54, 1.807) is 27.4 Å². The lowest BCUT2D eigenvalue weighted by Gasteiger charge is -2.35. The Labute approximate surface area is 199 Å². The van der Waals surface area contributed by atoms with E-state index in [2.05, 4.69) is 0 Å². The average Bonchev–Trinajstić information content (AvgIpc) is 2.86. The number of benzene rings is 2. The predicted molar refractivity (Wildman–Crippen MR) is 128 cm³/mol. The zero-order valence-electron chi connectivity index (χ0n) is 19.9. The molecule has 0 fully saturated rings. The average molecular weight is 464 g/mol. The summed E-state index contributed by atoms with van der Waals surface area (Å²) >= 11 is 0. The number of hydrogen-bond acceptors (Lipinski definition) is 7. The molecule has 2 atom stereocenters. The third-order valence-electron chi connectivity index (χ3n) is 6.40. The Kier molecular flexibility index (Phi) is 7.01. The van der Waals surface area contributed by atoms with Gasteiger partial charge < -0.3 is 18.9 Å². The highest BCUT2D eigenvalue weighted by atomic mass is 16.5. The van der Waals surface area contributed by atoms with E-state index in [4.69, 9.17) is 23.9 Å². The summed E-state index contributed by atoms with van der Waals surface area (Å²) in [7, 11) is 4.72. The van der Waals surface area contributed by atoms with Crippen LogP contribution in [-0.4, -0.2) is 38.8 Å². The van der Waals surface area contributed by atoms with Crippen LogP contribution in [0.5, 0.6) is 17.2 Å². The summed E-state index contributed by atoms with van der Waals surface area (Å²) < 4.78 is 22.1. The lowest BCUT2D eigenvalue weighted by atomic mass is 9.71. The molecule has 0 saturated heterocycles. The van der Waals surface area contributed by atoms with Crippen molar-refractivity contribution in [2.45, 2.75) is 38.7 Å². The summed E-state index contributed by atoms with van der Waals surface area (Å²) in [4.78, 5) is 31.3. The van der Waals surface area contributed by atoms with Crippen molar-refractivity contribution in [2.24, 2.45) is 10.9 Å². The molecule has 0 spiro atoms. The zero-order chi connectivity index (χ0) is 24.2. The monoisotopic (exact) mass is 463 g/mol. The number of carbonyl (C=O) groups is 2. The minimum absolute atomic E-state index is 0.0142. The van der Waals surface area contributed by atoms with E-state index in [1.807, 2.05) is 43.3 Å². The minimum Gasteiger partial charge on any atom is -0.497 e. The second-order valence-corrected chi connectivity index (χ2v) is 8.38. The molecule has 0 amide bonds. The third-order valence-corrected chi connectivity index (χ3v) is 6.40. The first-order valence-electron chi connectivity index (χ1n) is 11.3.